The van der Waals surface area contributed by atoms with E-state index in [2.05, 4.69) is 5.32 Å². The van der Waals surface area contributed by atoms with Crippen molar-refractivity contribution in [3.63, 3.8) is 0 Å². The van der Waals surface area contributed by atoms with Crippen molar-refractivity contribution in [3.8, 4) is 0 Å². The van der Waals surface area contributed by atoms with Crippen molar-refractivity contribution in [2.24, 2.45) is 76.9 Å². The zero-order valence-corrected chi connectivity index (χ0v) is 60.7. The molecule has 3 unspecified atom stereocenters. The van der Waals surface area contributed by atoms with E-state index >= 15 is 0 Å². The average Bonchev–Trinajstić information content (AvgIpc) is 1.73. The lowest BCUT2D eigenvalue weighted by molar-refractivity contribution is -0.144. The number of benzene rings is 1. The summed E-state index contributed by atoms with van der Waals surface area (Å²) in [4.78, 5) is 191. The van der Waals surface area contributed by atoms with E-state index in [1.807, 2.05) is 83.1 Å². The van der Waals surface area contributed by atoms with Gasteiger partial charge < -0.3 is 5.32 Å². The van der Waals surface area contributed by atoms with Crippen molar-refractivity contribution in [2.45, 2.75) is 207 Å². The van der Waals surface area contributed by atoms with Gasteiger partial charge in [0.15, 0.2) is 17.3 Å². The summed E-state index contributed by atoms with van der Waals surface area (Å²) in [5.74, 6) is -1.03. The number of Topliss-reactive ketones (excluding diaryl/α,β-unsaturated/α-hetero) is 9. The molecule has 3 atom stereocenters. The molecule has 3 heterocycles. The fraction of sp³-hybridized carbons (Fsp3) is 0.690. The van der Waals surface area contributed by atoms with Crippen LogP contribution in [0.4, 0.5) is 5.69 Å². The number of hydrogen-bond donors (Lipinski definition) is 1. The summed E-state index contributed by atoms with van der Waals surface area (Å²) in [7, 11) is 0. The molecule has 7 amide bonds. The van der Waals surface area contributed by atoms with E-state index in [1.54, 1.807) is 79.7 Å². The van der Waals surface area contributed by atoms with Crippen LogP contribution >= 0.6 is 23.5 Å². The largest absolute Gasteiger partial charge is 0.326 e. The maximum atomic E-state index is 12.6. The zero-order valence-electron chi connectivity index (χ0n) is 59.1. The van der Waals surface area contributed by atoms with Crippen molar-refractivity contribution in [1.29, 1.82) is 0 Å². The molecule has 3 saturated heterocycles. The fourth-order valence-electron chi connectivity index (χ4n) is 9.25. The SMILES string of the molecule is CC(C)C(=O)CC(=O)C(C)C.CC(C)C(=O)CC(=O)Nc1ccc(C(=O)C(C)C)cc1.CC(C)C(=O)CN1C(=O)CC(C(C)C)C1=O.CC(C)C(=O)CSC1CC(=O)N(CC(=O)C(C)C)C1=O.CC(C)C(=O)CSC1CC(=O)N(CC2CCC(C(=O)C(C)C)CC2)C1=O. The van der Waals surface area contributed by atoms with Crippen LogP contribution in [0.1, 0.15) is 207 Å². The average molecular weight is 1340 g/mol. The molecule has 1 aromatic carbocycles. The molecule has 1 N–H and O–H groups in total. The Hall–Kier alpha value is -6.16. The van der Waals surface area contributed by atoms with Crippen molar-refractivity contribution >= 4 is 123 Å². The van der Waals surface area contributed by atoms with Crippen molar-refractivity contribution in [3.05, 3.63) is 29.8 Å². The minimum Gasteiger partial charge on any atom is -0.326 e. The highest BCUT2D eigenvalue weighted by Gasteiger charge is 2.43. The molecular weight excluding hydrogens is 1230 g/mol. The second kappa shape index (κ2) is 40.9. The minimum absolute atomic E-state index is 0.0160. The van der Waals surface area contributed by atoms with Gasteiger partial charge in [0, 0.05) is 102 Å². The smallest absolute Gasteiger partial charge is 0.243 e. The molecule has 0 spiro atoms. The van der Waals surface area contributed by atoms with Gasteiger partial charge in [-0.1, -0.05) is 138 Å². The number of nitrogens with zero attached hydrogens (tertiary/aromatic N) is 3. The Balaban J connectivity index is 0.000000596. The molecule has 20 nitrogen and oxygen atoms in total. The lowest BCUT2D eigenvalue weighted by Crippen LogP contribution is -2.37. The summed E-state index contributed by atoms with van der Waals surface area (Å²) in [5.41, 5.74) is 1.21. The third kappa shape index (κ3) is 29.2. The number of amides is 7. The normalized spacial score (nSPS) is 18.9. The summed E-state index contributed by atoms with van der Waals surface area (Å²) in [6.45, 7) is 36.8. The van der Waals surface area contributed by atoms with Gasteiger partial charge in [0.05, 0.1) is 47.9 Å². The van der Waals surface area contributed by atoms with E-state index in [1.165, 1.54) is 28.4 Å². The fourth-order valence-corrected chi connectivity index (χ4v) is 11.7. The van der Waals surface area contributed by atoms with Gasteiger partial charge in [-0.2, -0.15) is 0 Å². The quantitative estimate of drug-likeness (QED) is 0.0443. The van der Waals surface area contributed by atoms with Crippen LogP contribution in [-0.2, 0) is 71.9 Å². The van der Waals surface area contributed by atoms with Gasteiger partial charge in [-0.3, -0.25) is 91.4 Å². The van der Waals surface area contributed by atoms with E-state index < -0.39 is 10.5 Å². The molecule has 1 aromatic rings. The lowest BCUT2D eigenvalue weighted by Gasteiger charge is -2.30. The second-order valence-electron chi connectivity index (χ2n) is 27.7. The van der Waals surface area contributed by atoms with Crippen LogP contribution in [0, 0.1) is 76.9 Å². The number of nitrogens with one attached hydrogen (secondary N) is 1. The van der Waals surface area contributed by atoms with E-state index in [9.17, 15) is 76.7 Å². The van der Waals surface area contributed by atoms with Gasteiger partial charge in [-0.15, -0.1) is 23.5 Å². The van der Waals surface area contributed by atoms with E-state index in [0.717, 1.165) is 35.5 Å². The van der Waals surface area contributed by atoms with Crippen LogP contribution < -0.4 is 5.32 Å². The maximum Gasteiger partial charge on any atom is 0.243 e. The number of likely N-dealkylation sites (tertiary alicyclic amines) is 3. The molecule has 93 heavy (non-hydrogen) atoms. The molecule has 4 aliphatic rings. The van der Waals surface area contributed by atoms with Crippen LogP contribution in [0.15, 0.2) is 24.3 Å². The van der Waals surface area contributed by atoms with Gasteiger partial charge in [-0.25, -0.2) is 0 Å². The third-order valence-corrected chi connectivity index (χ3v) is 18.8. The van der Waals surface area contributed by atoms with Crippen molar-refractivity contribution in [2.75, 3.05) is 36.5 Å². The van der Waals surface area contributed by atoms with E-state index in [0.29, 0.717) is 29.5 Å². The van der Waals surface area contributed by atoms with Gasteiger partial charge in [0.25, 0.3) is 0 Å². The number of anilines is 1. The summed E-state index contributed by atoms with van der Waals surface area (Å²) in [5, 5.41) is 1.72. The number of carbonyl (C=O) groups excluding carboxylic acids is 16. The lowest BCUT2D eigenvalue weighted by atomic mass is 9.77. The highest BCUT2D eigenvalue weighted by atomic mass is 32.2. The van der Waals surface area contributed by atoms with Crippen LogP contribution in [0.5, 0.6) is 0 Å². The Bertz CT molecular complexity index is 2810. The first-order valence-electron chi connectivity index (χ1n) is 33.0. The molecule has 1 aliphatic carbocycles. The molecule has 3 aliphatic heterocycles. The molecule has 0 bridgehead atoms. The third-order valence-electron chi connectivity index (χ3n) is 16.4. The topological polar surface area (TPSA) is 295 Å². The zero-order chi connectivity index (χ0) is 71.6. The van der Waals surface area contributed by atoms with Crippen molar-refractivity contribution < 1.29 is 76.7 Å². The number of carbonyl (C=O) groups is 16. The summed E-state index contributed by atoms with van der Waals surface area (Å²) >= 11 is 2.50. The first kappa shape index (κ1) is 84.9. The minimum atomic E-state index is -0.523. The predicted octanol–water partition coefficient (Wildman–Crippen LogP) is 10.5. The summed E-state index contributed by atoms with van der Waals surface area (Å²) < 4.78 is 0. The molecule has 4 fully saturated rings. The Kier molecular flexibility index (Phi) is 37.4. The van der Waals surface area contributed by atoms with Gasteiger partial charge >= 0.3 is 0 Å². The van der Waals surface area contributed by atoms with Gasteiger partial charge in [-0.05, 0) is 61.8 Å². The monoisotopic (exact) mass is 1340 g/mol. The Morgan fingerprint density at radius 3 is 1.15 bits per heavy atom. The van der Waals surface area contributed by atoms with Gasteiger partial charge in [0.1, 0.15) is 34.7 Å². The number of hydrogen-bond acceptors (Lipinski definition) is 18. The summed E-state index contributed by atoms with van der Waals surface area (Å²) in [6.07, 6.45) is 4.03. The van der Waals surface area contributed by atoms with Gasteiger partial charge in [0.2, 0.25) is 41.4 Å². The number of thioether (sulfide) groups is 2. The highest BCUT2D eigenvalue weighted by Crippen LogP contribution is 2.34. The van der Waals surface area contributed by atoms with Crippen LogP contribution in [0.2, 0.25) is 0 Å². The van der Waals surface area contributed by atoms with E-state index in [-0.39, 0.29) is 215 Å². The van der Waals surface area contributed by atoms with Crippen LogP contribution in [0.3, 0.4) is 0 Å². The Morgan fingerprint density at radius 1 is 0.419 bits per heavy atom. The van der Waals surface area contributed by atoms with Crippen molar-refractivity contribution in [1.82, 2.24) is 14.7 Å². The first-order chi connectivity index (χ1) is 43.0. The van der Waals surface area contributed by atoms with Crippen LogP contribution in [0.25, 0.3) is 0 Å². The number of rotatable bonds is 29. The predicted molar refractivity (Wildman–Crippen MR) is 363 cm³/mol. The molecule has 5 rings (SSSR count). The van der Waals surface area contributed by atoms with Crippen LogP contribution in [-0.4, -0.2) is 150 Å². The molecule has 0 aromatic heterocycles. The molecule has 0 radical (unpaired) electrons. The number of imide groups is 3. The standard InChI is InChI=1S/C20H31NO4S.C16H21NO3.C14H21NO4S.C12H19NO3.C9H16O2/c1-12(2)16(22)11-26-17-9-18(23)21(20(17)25)10-14-5-7-15(8-6-14)19(24)13(3)4;1-10(2)14(18)9-15(19)17-13-7-5-12(6-8-13)16(20)11(3)4;1-8(2)10(16)6-15-13(18)5-12(14(15)19)20-7-11(17)9(3)4;1-7(2)9-5-11(15)13(12(9)16)6-10(14)8(3)4;1-6(2)8(10)5-9(11)7(3)4/h12-15,17H,5-11H2,1-4H3;5-8,10-11H,9H2,1-4H3,(H,17,19);8-9,12H,5-7H2,1-4H3;7-9H,5-6H2,1-4H3;6-7H,5H2,1-4H3. The highest BCUT2D eigenvalue weighted by molar-refractivity contribution is 8.01. The first-order valence-corrected chi connectivity index (χ1v) is 35.1. The molecule has 520 valence electrons. The molecular formula is C71H108N4O16S2. The second-order valence-corrected chi connectivity index (χ2v) is 30.0. The van der Waals surface area contributed by atoms with E-state index in [4.69, 9.17) is 0 Å². The Morgan fingerprint density at radius 2 is 0.785 bits per heavy atom. The maximum absolute atomic E-state index is 12.6. The molecule has 22 heteroatoms. The Labute approximate surface area is 561 Å². The molecule has 1 saturated carbocycles. The summed E-state index contributed by atoms with van der Waals surface area (Å²) in [6, 6.07) is 6.71. The number of ketones is 9.